The van der Waals surface area contributed by atoms with Crippen LogP contribution in [0.4, 0.5) is 10.1 Å². The molecule has 0 bridgehead atoms. The lowest BCUT2D eigenvalue weighted by atomic mass is 10.0. The van der Waals surface area contributed by atoms with Crippen molar-refractivity contribution < 1.29 is 14.3 Å². The van der Waals surface area contributed by atoms with Gasteiger partial charge in [0.2, 0.25) is 0 Å². The van der Waals surface area contributed by atoms with E-state index in [2.05, 4.69) is 15.4 Å². The highest BCUT2D eigenvalue weighted by Gasteiger charge is 2.27. The molecule has 0 saturated carbocycles. The van der Waals surface area contributed by atoms with E-state index in [9.17, 15) is 9.18 Å². The highest BCUT2D eigenvalue weighted by atomic mass is 19.1. The minimum atomic E-state index is -0.285. The Balaban J connectivity index is 1.49. The van der Waals surface area contributed by atoms with Crippen LogP contribution in [0.2, 0.25) is 0 Å². The highest BCUT2D eigenvalue weighted by molar-refractivity contribution is 5.99. The van der Waals surface area contributed by atoms with Crippen molar-refractivity contribution in [2.75, 3.05) is 25.0 Å². The molecule has 1 aliphatic heterocycles. The Morgan fingerprint density at radius 2 is 2.25 bits per heavy atom. The maximum absolute atomic E-state index is 13.4. The lowest BCUT2D eigenvalue weighted by Gasteiger charge is -2.33. The SMILES string of the molecule is O=C(c1cnn2cc(CCO)cnc12)N1CCCC(Nc2cccc(F)c2)C1. The zero-order valence-corrected chi connectivity index (χ0v) is 15.4. The molecule has 1 fully saturated rings. The van der Waals surface area contributed by atoms with Crippen LogP contribution in [0.15, 0.2) is 42.9 Å². The Morgan fingerprint density at radius 1 is 1.36 bits per heavy atom. The van der Waals surface area contributed by atoms with E-state index in [0.29, 0.717) is 36.4 Å². The van der Waals surface area contributed by atoms with E-state index in [1.165, 1.54) is 18.3 Å². The van der Waals surface area contributed by atoms with Crippen molar-refractivity contribution in [2.24, 2.45) is 0 Å². The molecule has 0 spiro atoms. The second kappa shape index (κ2) is 7.93. The molecule has 2 N–H and O–H groups in total. The van der Waals surface area contributed by atoms with E-state index in [4.69, 9.17) is 5.11 Å². The molecule has 7 nitrogen and oxygen atoms in total. The van der Waals surface area contributed by atoms with Crippen LogP contribution in [0, 0.1) is 5.82 Å². The standard InChI is InChI=1S/C20H22FN5O2/c21-15-3-1-4-16(9-15)24-17-5-2-7-25(13-17)20(28)18-11-23-26-12-14(6-8-27)10-22-19(18)26/h1,3-4,9-12,17,24,27H,2,5-8,13H2. The number of aromatic nitrogens is 3. The lowest BCUT2D eigenvalue weighted by molar-refractivity contribution is 0.0716. The van der Waals surface area contributed by atoms with Crippen LogP contribution in [0.5, 0.6) is 0 Å². The molecule has 4 rings (SSSR count). The fourth-order valence-electron chi connectivity index (χ4n) is 3.59. The number of hydrogen-bond acceptors (Lipinski definition) is 5. The molecule has 28 heavy (non-hydrogen) atoms. The normalized spacial score (nSPS) is 17.1. The molecule has 1 unspecified atom stereocenters. The first-order valence-electron chi connectivity index (χ1n) is 9.38. The summed E-state index contributed by atoms with van der Waals surface area (Å²) in [4.78, 5) is 19.2. The zero-order chi connectivity index (χ0) is 19.5. The second-order valence-electron chi connectivity index (χ2n) is 7.01. The molecule has 1 aliphatic rings. The number of piperidine rings is 1. The number of aliphatic hydroxyl groups is 1. The molecule has 3 heterocycles. The average Bonchev–Trinajstić information content (AvgIpc) is 3.11. The number of benzene rings is 1. The number of halogens is 1. The molecule has 1 amide bonds. The summed E-state index contributed by atoms with van der Waals surface area (Å²) in [6.45, 7) is 1.24. The van der Waals surface area contributed by atoms with Gasteiger partial charge in [-0.05, 0) is 43.0 Å². The van der Waals surface area contributed by atoms with Crippen molar-refractivity contribution in [3.05, 3.63) is 59.8 Å². The Bertz CT molecular complexity index is 990. The Morgan fingerprint density at radius 3 is 3.07 bits per heavy atom. The molecule has 8 heteroatoms. The Hall–Kier alpha value is -3.00. The number of nitrogens with zero attached hydrogens (tertiary/aromatic N) is 4. The molecule has 1 aromatic carbocycles. The summed E-state index contributed by atoms with van der Waals surface area (Å²) in [7, 11) is 0. The minimum Gasteiger partial charge on any atom is -0.396 e. The topological polar surface area (TPSA) is 82.8 Å². The first kappa shape index (κ1) is 18.4. The van der Waals surface area contributed by atoms with Gasteiger partial charge in [0.05, 0.1) is 6.20 Å². The van der Waals surface area contributed by atoms with Crippen molar-refractivity contribution >= 4 is 17.2 Å². The summed E-state index contributed by atoms with van der Waals surface area (Å²) in [5.41, 5.74) is 2.54. The number of rotatable bonds is 5. The molecule has 1 atom stereocenters. The van der Waals surface area contributed by atoms with E-state index in [1.807, 2.05) is 6.07 Å². The van der Waals surface area contributed by atoms with Crippen LogP contribution in [0.25, 0.3) is 5.65 Å². The monoisotopic (exact) mass is 383 g/mol. The summed E-state index contributed by atoms with van der Waals surface area (Å²) in [5, 5.41) is 16.6. The van der Waals surface area contributed by atoms with Gasteiger partial charge < -0.3 is 15.3 Å². The van der Waals surface area contributed by atoms with Gasteiger partial charge in [-0.2, -0.15) is 5.10 Å². The van der Waals surface area contributed by atoms with Crippen molar-refractivity contribution in [2.45, 2.75) is 25.3 Å². The maximum atomic E-state index is 13.4. The predicted octanol–water partition coefficient (Wildman–Crippen LogP) is 2.12. The number of likely N-dealkylation sites (tertiary alicyclic amines) is 1. The predicted molar refractivity (Wildman–Crippen MR) is 103 cm³/mol. The number of nitrogens with one attached hydrogen (secondary N) is 1. The number of aliphatic hydroxyl groups excluding tert-OH is 1. The molecule has 1 saturated heterocycles. The molecular formula is C20H22FN5O2. The first-order valence-corrected chi connectivity index (χ1v) is 9.38. The largest absolute Gasteiger partial charge is 0.396 e. The quantitative estimate of drug-likeness (QED) is 0.705. The van der Waals surface area contributed by atoms with Crippen molar-refractivity contribution in [1.29, 1.82) is 0 Å². The second-order valence-corrected chi connectivity index (χ2v) is 7.01. The van der Waals surface area contributed by atoms with E-state index in [-0.39, 0.29) is 24.4 Å². The van der Waals surface area contributed by atoms with Crippen LogP contribution in [-0.2, 0) is 6.42 Å². The Labute approximate surface area is 161 Å². The fourth-order valence-corrected chi connectivity index (χ4v) is 3.59. The van der Waals surface area contributed by atoms with Gasteiger partial charge in [-0.25, -0.2) is 13.9 Å². The van der Waals surface area contributed by atoms with Gasteiger partial charge in [0.15, 0.2) is 5.65 Å². The smallest absolute Gasteiger partial charge is 0.259 e. The third-order valence-electron chi connectivity index (χ3n) is 4.94. The molecule has 0 aliphatic carbocycles. The lowest BCUT2D eigenvalue weighted by Crippen LogP contribution is -2.45. The fraction of sp³-hybridized carbons (Fsp3) is 0.350. The van der Waals surface area contributed by atoms with Gasteiger partial charge in [0.25, 0.3) is 5.91 Å². The van der Waals surface area contributed by atoms with Crippen LogP contribution in [0.1, 0.15) is 28.8 Å². The van der Waals surface area contributed by atoms with Crippen molar-refractivity contribution in [3.63, 3.8) is 0 Å². The number of hydrogen-bond donors (Lipinski definition) is 2. The van der Waals surface area contributed by atoms with Gasteiger partial charge >= 0.3 is 0 Å². The van der Waals surface area contributed by atoms with Crippen LogP contribution in [-0.4, -0.2) is 56.2 Å². The highest BCUT2D eigenvalue weighted by Crippen LogP contribution is 2.20. The van der Waals surface area contributed by atoms with Crippen LogP contribution >= 0.6 is 0 Å². The molecule has 2 aromatic heterocycles. The third kappa shape index (κ3) is 3.82. The van der Waals surface area contributed by atoms with Crippen LogP contribution in [0.3, 0.4) is 0 Å². The van der Waals surface area contributed by atoms with E-state index >= 15 is 0 Å². The number of carbonyl (C=O) groups excluding carboxylic acids is 1. The van der Waals surface area contributed by atoms with Crippen molar-refractivity contribution in [1.82, 2.24) is 19.5 Å². The number of carbonyl (C=O) groups is 1. The van der Waals surface area contributed by atoms with E-state index < -0.39 is 0 Å². The van der Waals surface area contributed by atoms with Crippen LogP contribution < -0.4 is 5.32 Å². The summed E-state index contributed by atoms with van der Waals surface area (Å²) in [5.74, 6) is -0.394. The first-order chi connectivity index (χ1) is 13.6. The van der Waals surface area contributed by atoms with Gasteiger partial charge in [0.1, 0.15) is 11.4 Å². The summed E-state index contributed by atoms with van der Waals surface area (Å²) < 4.78 is 15.0. The number of amides is 1. The minimum absolute atomic E-state index is 0.0354. The van der Waals surface area contributed by atoms with Crippen molar-refractivity contribution in [3.8, 4) is 0 Å². The van der Waals surface area contributed by atoms with Gasteiger partial charge in [-0.1, -0.05) is 6.07 Å². The molecule has 3 aromatic rings. The molecular weight excluding hydrogens is 361 g/mol. The van der Waals surface area contributed by atoms with Gasteiger partial charge in [0, 0.05) is 43.8 Å². The van der Waals surface area contributed by atoms with E-state index in [1.54, 1.807) is 27.9 Å². The number of anilines is 1. The molecule has 146 valence electrons. The third-order valence-corrected chi connectivity index (χ3v) is 4.94. The van der Waals surface area contributed by atoms with Gasteiger partial charge in [-0.15, -0.1) is 0 Å². The summed E-state index contributed by atoms with van der Waals surface area (Å²) in [6.07, 6.45) is 7.25. The Kier molecular flexibility index (Phi) is 5.21. The summed E-state index contributed by atoms with van der Waals surface area (Å²) >= 11 is 0. The van der Waals surface area contributed by atoms with E-state index in [0.717, 1.165) is 18.4 Å². The number of fused-ring (bicyclic) bond motifs is 1. The summed E-state index contributed by atoms with van der Waals surface area (Å²) in [6, 6.07) is 6.42. The van der Waals surface area contributed by atoms with Gasteiger partial charge in [-0.3, -0.25) is 4.79 Å². The maximum Gasteiger partial charge on any atom is 0.259 e. The average molecular weight is 383 g/mol. The molecule has 0 radical (unpaired) electrons. The zero-order valence-electron chi connectivity index (χ0n) is 15.4.